The van der Waals surface area contributed by atoms with Crippen molar-refractivity contribution >= 4 is 11.8 Å². The average molecular weight is 277 g/mol. The number of H-pyrrole nitrogens is 1. The average Bonchev–Trinajstić information content (AvgIpc) is 3.06. The summed E-state index contributed by atoms with van der Waals surface area (Å²) in [5, 5.41) is 3.03. The minimum absolute atomic E-state index is 0.0502. The summed E-state index contributed by atoms with van der Waals surface area (Å²) in [5.74, 6) is 0.393. The summed E-state index contributed by atoms with van der Waals surface area (Å²) in [7, 11) is 0. The van der Waals surface area contributed by atoms with Crippen molar-refractivity contribution in [2.24, 2.45) is 0 Å². The number of hydrogen-bond donors (Lipinski definition) is 2. The molecule has 0 aromatic carbocycles. The molecule has 0 radical (unpaired) electrons. The van der Waals surface area contributed by atoms with E-state index in [9.17, 15) is 9.59 Å². The SMILES string of the molecule is CCC(=O)N1CCC(NC(=O)c2cc[nH]c2C(C)C)C1. The van der Waals surface area contributed by atoms with Gasteiger partial charge >= 0.3 is 0 Å². The Kier molecular flexibility index (Phi) is 4.47. The fourth-order valence-corrected chi connectivity index (χ4v) is 2.65. The molecule has 20 heavy (non-hydrogen) atoms. The first kappa shape index (κ1) is 14.6. The Morgan fingerprint density at radius 3 is 2.90 bits per heavy atom. The van der Waals surface area contributed by atoms with Gasteiger partial charge in [0, 0.05) is 37.4 Å². The van der Waals surface area contributed by atoms with E-state index >= 15 is 0 Å². The molecule has 1 fully saturated rings. The van der Waals surface area contributed by atoms with Crippen LogP contribution in [-0.2, 0) is 4.79 Å². The number of nitrogens with zero attached hydrogens (tertiary/aromatic N) is 1. The van der Waals surface area contributed by atoms with Crippen molar-refractivity contribution in [3.05, 3.63) is 23.5 Å². The second-order valence-corrected chi connectivity index (χ2v) is 5.61. The third kappa shape index (κ3) is 3.03. The van der Waals surface area contributed by atoms with E-state index in [0.717, 1.165) is 18.7 Å². The van der Waals surface area contributed by atoms with E-state index in [0.29, 0.717) is 18.5 Å². The van der Waals surface area contributed by atoms with Crippen LogP contribution in [0, 0.1) is 0 Å². The number of carbonyl (C=O) groups excluding carboxylic acids is 2. The number of aromatic amines is 1. The van der Waals surface area contributed by atoms with Gasteiger partial charge in [-0.15, -0.1) is 0 Å². The van der Waals surface area contributed by atoms with Crippen LogP contribution >= 0.6 is 0 Å². The van der Waals surface area contributed by atoms with Crippen LogP contribution < -0.4 is 5.32 Å². The molecule has 1 aromatic heterocycles. The first-order valence-corrected chi connectivity index (χ1v) is 7.28. The summed E-state index contributed by atoms with van der Waals surface area (Å²) in [6, 6.07) is 1.88. The van der Waals surface area contributed by atoms with Gasteiger partial charge < -0.3 is 15.2 Å². The third-order valence-electron chi connectivity index (χ3n) is 3.78. The van der Waals surface area contributed by atoms with Crippen LogP contribution in [0.4, 0.5) is 0 Å². The predicted octanol–water partition coefficient (Wildman–Crippen LogP) is 1.88. The Morgan fingerprint density at radius 1 is 1.50 bits per heavy atom. The molecule has 0 saturated carbocycles. The van der Waals surface area contributed by atoms with Gasteiger partial charge in [-0.3, -0.25) is 9.59 Å². The maximum absolute atomic E-state index is 12.3. The molecule has 5 heteroatoms. The number of aromatic nitrogens is 1. The Labute approximate surface area is 119 Å². The lowest BCUT2D eigenvalue weighted by Gasteiger charge is -2.16. The van der Waals surface area contributed by atoms with E-state index in [2.05, 4.69) is 24.1 Å². The predicted molar refractivity (Wildman–Crippen MR) is 77.6 cm³/mol. The van der Waals surface area contributed by atoms with Crippen LogP contribution in [0.3, 0.4) is 0 Å². The number of amides is 2. The molecule has 1 unspecified atom stereocenters. The smallest absolute Gasteiger partial charge is 0.253 e. The summed E-state index contributed by atoms with van der Waals surface area (Å²) >= 11 is 0. The van der Waals surface area contributed by atoms with Crippen LogP contribution in [0.5, 0.6) is 0 Å². The zero-order valence-electron chi connectivity index (χ0n) is 12.4. The molecule has 1 aromatic rings. The molecule has 2 heterocycles. The quantitative estimate of drug-likeness (QED) is 0.882. The topological polar surface area (TPSA) is 65.2 Å². The van der Waals surface area contributed by atoms with E-state index in [1.54, 1.807) is 6.20 Å². The highest BCUT2D eigenvalue weighted by Crippen LogP contribution is 2.18. The van der Waals surface area contributed by atoms with E-state index < -0.39 is 0 Å². The van der Waals surface area contributed by atoms with Crippen molar-refractivity contribution in [2.75, 3.05) is 13.1 Å². The molecule has 0 bridgehead atoms. The molecular formula is C15H23N3O2. The second kappa shape index (κ2) is 6.11. The van der Waals surface area contributed by atoms with E-state index in [4.69, 9.17) is 0 Å². The summed E-state index contributed by atoms with van der Waals surface area (Å²) < 4.78 is 0. The van der Waals surface area contributed by atoms with Gasteiger partial charge in [-0.05, 0) is 18.4 Å². The van der Waals surface area contributed by atoms with Crippen molar-refractivity contribution in [1.29, 1.82) is 0 Å². The normalized spacial score (nSPS) is 18.6. The molecular weight excluding hydrogens is 254 g/mol. The van der Waals surface area contributed by atoms with Gasteiger partial charge in [0.1, 0.15) is 0 Å². The fraction of sp³-hybridized carbons (Fsp3) is 0.600. The number of hydrogen-bond acceptors (Lipinski definition) is 2. The molecule has 1 saturated heterocycles. The highest BCUT2D eigenvalue weighted by Gasteiger charge is 2.27. The maximum Gasteiger partial charge on any atom is 0.253 e. The van der Waals surface area contributed by atoms with Gasteiger partial charge in [-0.1, -0.05) is 20.8 Å². The molecule has 110 valence electrons. The summed E-state index contributed by atoms with van der Waals surface area (Å²) in [6.07, 6.45) is 3.15. The first-order valence-electron chi connectivity index (χ1n) is 7.28. The molecule has 5 nitrogen and oxygen atoms in total. The van der Waals surface area contributed by atoms with Crippen molar-refractivity contribution < 1.29 is 9.59 Å². The summed E-state index contributed by atoms with van der Waals surface area (Å²) in [4.78, 5) is 28.9. The third-order valence-corrected chi connectivity index (χ3v) is 3.78. The lowest BCUT2D eigenvalue weighted by atomic mass is 10.1. The Bertz CT molecular complexity index is 493. The molecule has 2 N–H and O–H groups in total. The molecule has 2 amide bonds. The minimum Gasteiger partial charge on any atom is -0.364 e. The summed E-state index contributed by atoms with van der Waals surface area (Å²) in [5.41, 5.74) is 1.67. The fourth-order valence-electron chi connectivity index (χ4n) is 2.65. The number of carbonyl (C=O) groups is 2. The first-order chi connectivity index (χ1) is 9.52. The lowest BCUT2D eigenvalue weighted by Crippen LogP contribution is -2.38. The van der Waals surface area contributed by atoms with Crippen LogP contribution in [0.1, 0.15) is 55.6 Å². The molecule has 1 aliphatic rings. The largest absolute Gasteiger partial charge is 0.364 e. The standard InChI is InChI=1S/C15H23N3O2/c1-4-13(19)18-8-6-11(9-18)17-15(20)12-5-7-16-14(12)10(2)3/h5,7,10-11,16H,4,6,8-9H2,1-3H3,(H,17,20). The van der Waals surface area contributed by atoms with Crippen LogP contribution in [0.2, 0.25) is 0 Å². The molecule has 2 rings (SSSR count). The molecule has 1 atom stereocenters. The van der Waals surface area contributed by atoms with Gasteiger partial charge in [0.25, 0.3) is 5.91 Å². The van der Waals surface area contributed by atoms with Gasteiger partial charge in [0.05, 0.1) is 5.56 Å². The van der Waals surface area contributed by atoms with Gasteiger partial charge in [0.15, 0.2) is 0 Å². The Hall–Kier alpha value is -1.78. The monoisotopic (exact) mass is 277 g/mol. The van der Waals surface area contributed by atoms with Crippen molar-refractivity contribution in [1.82, 2.24) is 15.2 Å². The Balaban J connectivity index is 1.96. The van der Waals surface area contributed by atoms with Crippen molar-refractivity contribution in [2.45, 2.75) is 45.6 Å². The van der Waals surface area contributed by atoms with Gasteiger partial charge in [-0.2, -0.15) is 0 Å². The summed E-state index contributed by atoms with van der Waals surface area (Å²) in [6.45, 7) is 7.34. The van der Waals surface area contributed by atoms with E-state index in [-0.39, 0.29) is 23.8 Å². The van der Waals surface area contributed by atoms with E-state index in [1.165, 1.54) is 0 Å². The Morgan fingerprint density at radius 2 is 2.25 bits per heavy atom. The highest BCUT2D eigenvalue weighted by atomic mass is 16.2. The molecule has 0 spiro atoms. The van der Waals surface area contributed by atoms with Crippen molar-refractivity contribution in [3.63, 3.8) is 0 Å². The van der Waals surface area contributed by atoms with Crippen LogP contribution in [0.25, 0.3) is 0 Å². The zero-order chi connectivity index (χ0) is 14.7. The van der Waals surface area contributed by atoms with Crippen LogP contribution in [0.15, 0.2) is 12.3 Å². The van der Waals surface area contributed by atoms with E-state index in [1.807, 2.05) is 17.9 Å². The number of rotatable bonds is 4. The maximum atomic E-state index is 12.3. The van der Waals surface area contributed by atoms with Crippen LogP contribution in [-0.4, -0.2) is 40.8 Å². The zero-order valence-corrected chi connectivity index (χ0v) is 12.4. The van der Waals surface area contributed by atoms with Crippen molar-refractivity contribution in [3.8, 4) is 0 Å². The number of nitrogens with one attached hydrogen (secondary N) is 2. The lowest BCUT2D eigenvalue weighted by molar-refractivity contribution is -0.129. The number of likely N-dealkylation sites (tertiary alicyclic amines) is 1. The second-order valence-electron chi connectivity index (χ2n) is 5.61. The molecule has 0 aliphatic carbocycles. The van der Waals surface area contributed by atoms with Gasteiger partial charge in [0.2, 0.25) is 5.91 Å². The molecule has 1 aliphatic heterocycles. The highest BCUT2D eigenvalue weighted by molar-refractivity contribution is 5.95. The van der Waals surface area contributed by atoms with Gasteiger partial charge in [-0.25, -0.2) is 0 Å². The minimum atomic E-state index is -0.0502.